The van der Waals surface area contributed by atoms with E-state index in [0.717, 1.165) is 12.4 Å². The van der Waals surface area contributed by atoms with Crippen LogP contribution in [0.2, 0.25) is 0 Å². The number of aliphatic hydroxyl groups is 1. The summed E-state index contributed by atoms with van der Waals surface area (Å²) in [6.45, 7) is 1.91. The Labute approximate surface area is 80.0 Å². The van der Waals surface area contributed by atoms with Crippen molar-refractivity contribution in [2.24, 2.45) is 0 Å². The van der Waals surface area contributed by atoms with Crippen molar-refractivity contribution in [3.8, 4) is 0 Å². The predicted molar refractivity (Wildman–Crippen MR) is 48.9 cm³/mol. The van der Waals surface area contributed by atoms with Crippen molar-refractivity contribution in [3.63, 3.8) is 0 Å². The molecule has 1 aromatic rings. The van der Waals surface area contributed by atoms with E-state index in [4.69, 9.17) is 5.11 Å². The lowest BCUT2D eigenvalue weighted by Crippen LogP contribution is -2.16. The minimum atomic E-state index is -0.571. The molecule has 76 valence electrons. The summed E-state index contributed by atoms with van der Waals surface area (Å²) in [5.41, 5.74) is -0.160. The lowest BCUT2D eigenvalue weighted by Gasteiger charge is -2.05. The summed E-state index contributed by atoms with van der Waals surface area (Å²) in [4.78, 5) is 17.1. The third kappa shape index (κ3) is 2.94. The van der Waals surface area contributed by atoms with Crippen LogP contribution in [0.15, 0.2) is 12.4 Å². The standard InChI is InChI=1S/C7H10N4O3/c1-5(12)2-8-7-9-3-6(4-10-7)11(13)14/h3-5,12H,2H2,1H3,(H,8,9,10). The second kappa shape index (κ2) is 4.47. The third-order valence-electron chi connectivity index (χ3n) is 1.40. The molecule has 1 aromatic heterocycles. The van der Waals surface area contributed by atoms with Gasteiger partial charge in [-0.2, -0.15) is 0 Å². The van der Waals surface area contributed by atoms with Gasteiger partial charge >= 0.3 is 5.69 Å². The topological polar surface area (TPSA) is 101 Å². The minimum Gasteiger partial charge on any atom is -0.392 e. The van der Waals surface area contributed by atoms with E-state index in [9.17, 15) is 10.1 Å². The average molecular weight is 198 g/mol. The van der Waals surface area contributed by atoms with Gasteiger partial charge in [-0.25, -0.2) is 9.97 Å². The van der Waals surface area contributed by atoms with Crippen molar-refractivity contribution >= 4 is 11.6 Å². The summed E-state index contributed by atoms with van der Waals surface area (Å²) in [7, 11) is 0. The molecule has 0 saturated carbocycles. The van der Waals surface area contributed by atoms with E-state index in [1.165, 1.54) is 0 Å². The second-order valence-corrected chi connectivity index (χ2v) is 2.75. The van der Waals surface area contributed by atoms with Crippen molar-refractivity contribution < 1.29 is 10.0 Å². The van der Waals surface area contributed by atoms with Crippen LogP contribution in [0, 0.1) is 10.1 Å². The van der Waals surface area contributed by atoms with Crippen molar-refractivity contribution in [2.45, 2.75) is 13.0 Å². The SMILES string of the molecule is CC(O)CNc1ncc([N+](=O)[O-])cn1. The first kappa shape index (κ1) is 10.3. The van der Waals surface area contributed by atoms with E-state index in [1.54, 1.807) is 6.92 Å². The lowest BCUT2D eigenvalue weighted by molar-refractivity contribution is -0.385. The number of aliphatic hydroxyl groups excluding tert-OH is 1. The highest BCUT2D eigenvalue weighted by Crippen LogP contribution is 2.07. The molecule has 0 aromatic carbocycles. The maximum absolute atomic E-state index is 10.2. The number of nitrogens with zero attached hydrogens (tertiary/aromatic N) is 3. The number of aromatic nitrogens is 2. The average Bonchev–Trinajstić information content (AvgIpc) is 2.15. The first-order valence-electron chi connectivity index (χ1n) is 3.98. The van der Waals surface area contributed by atoms with Gasteiger partial charge in [-0.15, -0.1) is 0 Å². The summed E-state index contributed by atoms with van der Waals surface area (Å²) in [5.74, 6) is 0.261. The highest BCUT2D eigenvalue weighted by Gasteiger charge is 2.06. The van der Waals surface area contributed by atoms with Crippen LogP contribution in [0.1, 0.15) is 6.92 Å². The van der Waals surface area contributed by atoms with E-state index < -0.39 is 11.0 Å². The molecular weight excluding hydrogens is 188 g/mol. The second-order valence-electron chi connectivity index (χ2n) is 2.75. The van der Waals surface area contributed by atoms with Gasteiger partial charge < -0.3 is 10.4 Å². The molecule has 1 atom stereocenters. The van der Waals surface area contributed by atoms with E-state index in [-0.39, 0.29) is 11.6 Å². The molecule has 0 aliphatic heterocycles. The van der Waals surface area contributed by atoms with Gasteiger partial charge in [0.15, 0.2) is 0 Å². The third-order valence-corrected chi connectivity index (χ3v) is 1.40. The first-order chi connectivity index (χ1) is 6.59. The maximum Gasteiger partial charge on any atom is 0.305 e. The molecule has 1 heterocycles. The van der Waals surface area contributed by atoms with E-state index in [2.05, 4.69) is 15.3 Å². The van der Waals surface area contributed by atoms with Gasteiger partial charge in [-0.05, 0) is 6.92 Å². The smallest absolute Gasteiger partial charge is 0.305 e. The normalized spacial score (nSPS) is 12.1. The molecule has 7 heteroatoms. The number of nitrogens with one attached hydrogen (secondary N) is 1. The van der Waals surface area contributed by atoms with Crippen molar-refractivity contribution in [2.75, 3.05) is 11.9 Å². The highest BCUT2D eigenvalue weighted by molar-refractivity contribution is 5.30. The Morgan fingerprint density at radius 3 is 2.64 bits per heavy atom. The molecule has 0 radical (unpaired) electrons. The fraction of sp³-hybridized carbons (Fsp3) is 0.429. The molecule has 2 N–H and O–H groups in total. The number of hydrogen-bond donors (Lipinski definition) is 2. The van der Waals surface area contributed by atoms with Crippen LogP contribution in [-0.2, 0) is 0 Å². The maximum atomic E-state index is 10.2. The quantitative estimate of drug-likeness (QED) is 0.528. The van der Waals surface area contributed by atoms with Gasteiger partial charge in [0, 0.05) is 6.54 Å². The molecule has 0 saturated heterocycles. The molecule has 0 aliphatic carbocycles. The van der Waals surface area contributed by atoms with Gasteiger partial charge in [0.2, 0.25) is 5.95 Å². The fourth-order valence-electron chi connectivity index (χ4n) is 0.746. The number of rotatable bonds is 4. The predicted octanol–water partition coefficient (Wildman–Crippen LogP) is 0.177. The van der Waals surface area contributed by atoms with Crippen molar-refractivity contribution in [1.82, 2.24) is 9.97 Å². The summed E-state index contributed by atoms with van der Waals surface area (Å²) in [5, 5.41) is 21.9. The molecule has 7 nitrogen and oxygen atoms in total. The zero-order valence-electron chi connectivity index (χ0n) is 7.54. The zero-order valence-corrected chi connectivity index (χ0v) is 7.54. The Kier molecular flexibility index (Phi) is 3.29. The molecular formula is C7H10N4O3. The van der Waals surface area contributed by atoms with Crippen LogP contribution >= 0.6 is 0 Å². The Hall–Kier alpha value is -1.76. The molecule has 0 spiro atoms. The molecule has 0 amide bonds. The monoisotopic (exact) mass is 198 g/mol. The molecule has 0 fully saturated rings. The van der Waals surface area contributed by atoms with Gasteiger partial charge in [-0.1, -0.05) is 0 Å². The van der Waals surface area contributed by atoms with Crippen molar-refractivity contribution in [1.29, 1.82) is 0 Å². The Balaban J connectivity index is 2.60. The lowest BCUT2D eigenvalue weighted by atomic mass is 10.4. The first-order valence-corrected chi connectivity index (χ1v) is 3.98. The van der Waals surface area contributed by atoms with E-state index in [0.29, 0.717) is 6.54 Å². The number of anilines is 1. The van der Waals surface area contributed by atoms with Gasteiger partial charge in [0.1, 0.15) is 12.4 Å². The molecule has 0 bridgehead atoms. The molecule has 1 unspecified atom stereocenters. The summed E-state index contributed by atoms with van der Waals surface area (Å²) in [6, 6.07) is 0. The molecule has 14 heavy (non-hydrogen) atoms. The minimum absolute atomic E-state index is 0.160. The Bertz CT molecular complexity index is 311. The van der Waals surface area contributed by atoms with Crippen LogP contribution in [-0.4, -0.2) is 32.6 Å². The van der Waals surface area contributed by atoms with Crippen LogP contribution in [0.5, 0.6) is 0 Å². The van der Waals surface area contributed by atoms with Crippen LogP contribution in [0.25, 0.3) is 0 Å². The number of nitro groups is 1. The van der Waals surface area contributed by atoms with Crippen LogP contribution in [0.3, 0.4) is 0 Å². The highest BCUT2D eigenvalue weighted by atomic mass is 16.6. The largest absolute Gasteiger partial charge is 0.392 e. The summed E-state index contributed by atoms with van der Waals surface area (Å²) >= 11 is 0. The van der Waals surface area contributed by atoms with Gasteiger partial charge in [0.25, 0.3) is 0 Å². The summed E-state index contributed by atoms with van der Waals surface area (Å²) in [6.07, 6.45) is 1.70. The summed E-state index contributed by atoms with van der Waals surface area (Å²) < 4.78 is 0. The van der Waals surface area contributed by atoms with Crippen molar-refractivity contribution in [3.05, 3.63) is 22.5 Å². The Morgan fingerprint density at radius 1 is 1.64 bits per heavy atom. The molecule has 1 rings (SSSR count). The van der Waals surface area contributed by atoms with E-state index in [1.807, 2.05) is 0 Å². The van der Waals surface area contributed by atoms with Gasteiger partial charge in [-0.3, -0.25) is 10.1 Å². The molecule has 0 aliphatic rings. The Morgan fingerprint density at radius 2 is 2.21 bits per heavy atom. The number of hydrogen-bond acceptors (Lipinski definition) is 6. The van der Waals surface area contributed by atoms with Gasteiger partial charge in [0.05, 0.1) is 11.0 Å². The van der Waals surface area contributed by atoms with Crippen LogP contribution < -0.4 is 5.32 Å². The zero-order chi connectivity index (χ0) is 10.6. The van der Waals surface area contributed by atoms with Crippen LogP contribution in [0.4, 0.5) is 11.6 Å². The fourth-order valence-corrected chi connectivity index (χ4v) is 0.746. The van der Waals surface area contributed by atoms with E-state index >= 15 is 0 Å².